The lowest BCUT2D eigenvalue weighted by atomic mass is 10.1. The number of pyridine rings is 1. The van der Waals surface area contributed by atoms with Gasteiger partial charge >= 0.3 is 0 Å². The van der Waals surface area contributed by atoms with Gasteiger partial charge in [0.1, 0.15) is 5.82 Å². The highest BCUT2D eigenvalue weighted by molar-refractivity contribution is 6.38. The van der Waals surface area contributed by atoms with E-state index in [1.807, 2.05) is 0 Å². The molecule has 0 aliphatic heterocycles. The first-order valence-corrected chi connectivity index (χ1v) is 8.16. The van der Waals surface area contributed by atoms with E-state index < -0.39 is 0 Å². The maximum absolute atomic E-state index is 13.9. The molecule has 0 N–H and O–H groups in total. The molecule has 7 heteroatoms. The van der Waals surface area contributed by atoms with Crippen molar-refractivity contribution in [2.45, 2.75) is 6.54 Å². The second-order valence-electron chi connectivity index (χ2n) is 5.60. The van der Waals surface area contributed by atoms with Crippen LogP contribution in [-0.2, 0) is 6.54 Å². The van der Waals surface area contributed by atoms with Gasteiger partial charge in [-0.15, -0.1) is 0 Å². The maximum Gasteiger partial charge on any atom is 0.261 e. The summed E-state index contributed by atoms with van der Waals surface area (Å²) in [4.78, 5) is 21.3. The van der Waals surface area contributed by atoms with Crippen molar-refractivity contribution in [3.63, 3.8) is 0 Å². The number of fused-ring (bicyclic) bond motifs is 2. The van der Waals surface area contributed by atoms with Crippen molar-refractivity contribution >= 4 is 45.0 Å². The molecule has 0 fully saturated rings. The van der Waals surface area contributed by atoms with E-state index in [2.05, 4.69) is 9.97 Å². The van der Waals surface area contributed by atoms with E-state index in [-0.39, 0.29) is 17.9 Å². The fourth-order valence-electron chi connectivity index (χ4n) is 2.84. The molecule has 2 heterocycles. The number of rotatable bonds is 2. The number of hydrogen-bond donors (Lipinski definition) is 0. The summed E-state index contributed by atoms with van der Waals surface area (Å²) in [5, 5.41) is 1.65. The molecular formula is C18H10Cl2FN3O. The van der Waals surface area contributed by atoms with E-state index in [1.165, 1.54) is 35.2 Å². The molecule has 0 amide bonds. The Morgan fingerprint density at radius 3 is 2.76 bits per heavy atom. The van der Waals surface area contributed by atoms with Crippen LogP contribution in [0.25, 0.3) is 21.8 Å². The lowest BCUT2D eigenvalue weighted by Gasteiger charge is -2.10. The third-order valence-electron chi connectivity index (χ3n) is 3.93. The van der Waals surface area contributed by atoms with Gasteiger partial charge in [0, 0.05) is 22.2 Å². The third kappa shape index (κ3) is 2.86. The predicted molar refractivity (Wildman–Crippen MR) is 96.8 cm³/mol. The molecule has 0 aliphatic carbocycles. The third-order valence-corrected chi connectivity index (χ3v) is 4.44. The first kappa shape index (κ1) is 16.0. The molecule has 0 saturated heterocycles. The van der Waals surface area contributed by atoms with Crippen molar-refractivity contribution in [2.75, 3.05) is 0 Å². The van der Waals surface area contributed by atoms with Crippen LogP contribution in [0.2, 0.25) is 10.0 Å². The Bertz CT molecular complexity index is 1190. The Hall–Kier alpha value is -2.50. The van der Waals surface area contributed by atoms with E-state index >= 15 is 0 Å². The molecule has 0 bridgehead atoms. The number of benzene rings is 2. The van der Waals surface area contributed by atoms with Crippen LogP contribution in [0, 0.1) is 5.82 Å². The number of nitrogens with zero attached hydrogens (tertiary/aromatic N) is 3. The molecular weight excluding hydrogens is 364 g/mol. The van der Waals surface area contributed by atoms with E-state index in [9.17, 15) is 9.18 Å². The molecule has 2 aromatic carbocycles. The number of hydrogen-bond acceptors (Lipinski definition) is 3. The van der Waals surface area contributed by atoms with Crippen molar-refractivity contribution in [1.82, 2.24) is 14.5 Å². The largest absolute Gasteiger partial charge is 0.294 e. The minimum Gasteiger partial charge on any atom is -0.294 e. The molecule has 4 nitrogen and oxygen atoms in total. The standard InChI is InChI=1S/C18H10Cl2FN3O/c19-12-6-14-17(15(20)7-12)23-9-24(18(14)25)8-11-5-13(21)4-10-2-1-3-22-16(10)11/h1-7,9H,8H2. The molecule has 0 radical (unpaired) electrons. The smallest absolute Gasteiger partial charge is 0.261 e. The average molecular weight is 374 g/mol. The average Bonchev–Trinajstić information content (AvgIpc) is 2.57. The van der Waals surface area contributed by atoms with Crippen LogP contribution in [0.5, 0.6) is 0 Å². The normalized spacial score (nSPS) is 11.3. The van der Waals surface area contributed by atoms with Gasteiger partial charge in [-0.3, -0.25) is 14.3 Å². The quantitative estimate of drug-likeness (QED) is 0.521. The van der Waals surface area contributed by atoms with Gasteiger partial charge in [-0.05, 0) is 30.3 Å². The molecule has 0 saturated carbocycles. The Balaban J connectivity index is 1.90. The van der Waals surface area contributed by atoms with Gasteiger partial charge in [0.2, 0.25) is 0 Å². The second-order valence-corrected chi connectivity index (χ2v) is 6.45. The minimum absolute atomic E-state index is 0.136. The predicted octanol–water partition coefficient (Wildman–Crippen LogP) is 4.44. The summed E-state index contributed by atoms with van der Waals surface area (Å²) >= 11 is 12.1. The summed E-state index contributed by atoms with van der Waals surface area (Å²) in [6, 6.07) is 9.35. The van der Waals surface area contributed by atoms with Gasteiger partial charge < -0.3 is 0 Å². The van der Waals surface area contributed by atoms with Crippen LogP contribution in [0.4, 0.5) is 4.39 Å². The SMILES string of the molecule is O=c1c2cc(Cl)cc(Cl)c2ncn1Cc1cc(F)cc2cccnc12. The molecule has 0 unspecified atom stereocenters. The van der Waals surface area contributed by atoms with Crippen molar-refractivity contribution in [1.29, 1.82) is 0 Å². The molecule has 4 aromatic rings. The number of aromatic nitrogens is 3. The topological polar surface area (TPSA) is 47.8 Å². The van der Waals surface area contributed by atoms with Gasteiger partial charge in [0.15, 0.2) is 0 Å². The zero-order chi connectivity index (χ0) is 17.6. The Morgan fingerprint density at radius 1 is 1.08 bits per heavy atom. The minimum atomic E-state index is -0.386. The van der Waals surface area contributed by atoms with Gasteiger partial charge in [-0.25, -0.2) is 9.37 Å². The van der Waals surface area contributed by atoms with Crippen LogP contribution < -0.4 is 5.56 Å². The first-order valence-electron chi connectivity index (χ1n) is 7.40. The Labute approximate surface area is 151 Å². The van der Waals surface area contributed by atoms with E-state index in [0.29, 0.717) is 37.4 Å². The van der Waals surface area contributed by atoms with Crippen molar-refractivity contribution in [3.8, 4) is 0 Å². The zero-order valence-corrected chi connectivity index (χ0v) is 14.2. The maximum atomic E-state index is 13.9. The summed E-state index contributed by atoms with van der Waals surface area (Å²) in [7, 11) is 0. The lowest BCUT2D eigenvalue weighted by Crippen LogP contribution is -2.21. The van der Waals surface area contributed by atoms with Gasteiger partial charge in [0.05, 0.1) is 34.3 Å². The van der Waals surface area contributed by atoms with E-state index in [4.69, 9.17) is 23.2 Å². The summed E-state index contributed by atoms with van der Waals surface area (Å²) < 4.78 is 15.3. The zero-order valence-electron chi connectivity index (χ0n) is 12.7. The summed E-state index contributed by atoms with van der Waals surface area (Å²) in [5.41, 5.74) is 1.31. The molecule has 2 aromatic heterocycles. The fourth-order valence-corrected chi connectivity index (χ4v) is 3.38. The van der Waals surface area contributed by atoms with Crippen LogP contribution in [0.3, 0.4) is 0 Å². The summed E-state index contributed by atoms with van der Waals surface area (Å²) in [6.45, 7) is 0.136. The first-order chi connectivity index (χ1) is 12.0. The molecule has 124 valence electrons. The Morgan fingerprint density at radius 2 is 1.92 bits per heavy atom. The highest BCUT2D eigenvalue weighted by atomic mass is 35.5. The lowest BCUT2D eigenvalue weighted by molar-refractivity contribution is 0.625. The van der Waals surface area contributed by atoms with E-state index in [1.54, 1.807) is 18.3 Å². The van der Waals surface area contributed by atoms with E-state index in [0.717, 1.165) is 0 Å². The Kier molecular flexibility index (Phi) is 3.90. The molecule has 0 aliphatic rings. The summed E-state index contributed by atoms with van der Waals surface area (Å²) in [6.07, 6.45) is 3.02. The van der Waals surface area contributed by atoms with Gasteiger partial charge in [-0.2, -0.15) is 0 Å². The summed E-state index contributed by atoms with van der Waals surface area (Å²) in [5.74, 6) is -0.386. The van der Waals surface area contributed by atoms with Crippen LogP contribution >= 0.6 is 23.2 Å². The van der Waals surface area contributed by atoms with Crippen LogP contribution in [0.1, 0.15) is 5.56 Å². The molecule has 25 heavy (non-hydrogen) atoms. The second kappa shape index (κ2) is 6.10. The van der Waals surface area contributed by atoms with Crippen LogP contribution in [-0.4, -0.2) is 14.5 Å². The van der Waals surface area contributed by atoms with Crippen molar-refractivity contribution < 1.29 is 4.39 Å². The molecule has 4 rings (SSSR count). The molecule has 0 spiro atoms. The van der Waals surface area contributed by atoms with Crippen molar-refractivity contribution in [2.24, 2.45) is 0 Å². The molecule has 0 atom stereocenters. The van der Waals surface area contributed by atoms with Crippen molar-refractivity contribution in [3.05, 3.63) is 80.7 Å². The monoisotopic (exact) mass is 373 g/mol. The highest BCUT2D eigenvalue weighted by Crippen LogP contribution is 2.24. The van der Waals surface area contributed by atoms with Gasteiger partial charge in [-0.1, -0.05) is 29.3 Å². The van der Waals surface area contributed by atoms with Crippen LogP contribution in [0.15, 0.2) is 53.7 Å². The fraction of sp³-hybridized carbons (Fsp3) is 0.0556. The number of halogens is 3. The highest BCUT2D eigenvalue weighted by Gasteiger charge is 2.11. The van der Waals surface area contributed by atoms with Gasteiger partial charge in [0.25, 0.3) is 5.56 Å².